The summed E-state index contributed by atoms with van der Waals surface area (Å²) in [5.41, 5.74) is 1.11. The normalized spacial score (nSPS) is 10.3. The fraction of sp³-hybridized carbons (Fsp3) is 0.417. The van der Waals surface area contributed by atoms with E-state index in [1.165, 1.54) is 12.1 Å². The van der Waals surface area contributed by atoms with Gasteiger partial charge in [0, 0.05) is 19.3 Å². The van der Waals surface area contributed by atoms with E-state index in [4.69, 9.17) is 4.74 Å². The number of nitrogens with one attached hydrogen (secondary N) is 2. The number of methoxy groups -OCH3 is 1. The molecule has 0 fully saturated rings. The lowest BCUT2D eigenvalue weighted by Gasteiger charge is -2.07. The number of benzene rings is 1. The molecule has 17 heavy (non-hydrogen) atoms. The first-order valence-corrected chi connectivity index (χ1v) is 5.39. The Hall–Kier alpha value is -1.46. The van der Waals surface area contributed by atoms with E-state index in [-0.39, 0.29) is 18.3 Å². The fourth-order valence-electron chi connectivity index (χ4n) is 1.30. The maximum absolute atomic E-state index is 13.0. The Labute approximate surface area is 100 Å². The molecule has 0 unspecified atom stereocenters. The highest BCUT2D eigenvalue weighted by Crippen LogP contribution is 2.13. The molecule has 1 amide bonds. The molecule has 0 heterocycles. The Balaban J connectivity index is 2.37. The van der Waals surface area contributed by atoms with Gasteiger partial charge in [-0.2, -0.15) is 0 Å². The SMILES string of the molecule is COCCNCC(=O)Nc1ccc(F)c(C)c1. The fourth-order valence-corrected chi connectivity index (χ4v) is 1.30. The Morgan fingerprint density at radius 2 is 2.24 bits per heavy atom. The molecule has 1 aromatic carbocycles. The topological polar surface area (TPSA) is 50.4 Å². The van der Waals surface area contributed by atoms with Crippen molar-refractivity contribution in [1.82, 2.24) is 5.32 Å². The quantitative estimate of drug-likeness (QED) is 0.737. The predicted molar refractivity (Wildman–Crippen MR) is 64.5 cm³/mol. The van der Waals surface area contributed by atoms with Crippen LogP contribution >= 0.6 is 0 Å². The molecule has 0 aromatic heterocycles. The highest BCUT2D eigenvalue weighted by Gasteiger charge is 2.03. The van der Waals surface area contributed by atoms with Crippen LogP contribution in [0.15, 0.2) is 18.2 Å². The van der Waals surface area contributed by atoms with Gasteiger partial charge in [0.15, 0.2) is 0 Å². The lowest BCUT2D eigenvalue weighted by atomic mass is 10.2. The van der Waals surface area contributed by atoms with Crippen LogP contribution in [0.5, 0.6) is 0 Å². The molecule has 1 aromatic rings. The van der Waals surface area contributed by atoms with Crippen LogP contribution in [0.4, 0.5) is 10.1 Å². The monoisotopic (exact) mass is 240 g/mol. The number of hydrogen-bond acceptors (Lipinski definition) is 3. The second-order valence-corrected chi connectivity index (χ2v) is 3.68. The average molecular weight is 240 g/mol. The van der Waals surface area contributed by atoms with Crippen LogP contribution in [0.25, 0.3) is 0 Å². The Bertz CT molecular complexity index is 383. The van der Waals surface area contributed by atoms with E-state index in [0.29, 0.717) is 24.4 Å². The van der Waals surface area contributed by atoms with Crippen LogP contribution < -0.4 is 10.6 Å². The number of anilines is 1. The number of hydrogen-bond donors (Lipinski definition) is 2. The smallest absolute Gasteiger partial charge is 0.238 e. The molecule has 0 aliphatic heterocycles. The lowest BCUT2D eigenvalue weighted by Crippen LogP contribution is -2.30. The van der Waals surface area contributed by atoms with Gasteiger partial charge in [-0.15, -0.1) is 0 Å². The standard InChI is InChI=1S/C12H17FN2O2/c1-9-7-10(3-4-11(9)13)15-12(16)8-14-5-6-17-2/h3-4,7,14H,5-6,8H2,1-2H3,(H,15,16). The van der Waals surface area contributed by atoms with Gasteiger partial charge in [-0.1, -0.05) is 0 Å². The van der Waals surface area contributed by atoms with Crippen LogP contribution in [-0.4, -0.2) is 32.7 Å². The molecule has 2 N–H and O–H groups in total. The first-order valence-electron chi connectivity index (χ1n) is 5.39. The van der Waals surface area contributed by atoms with Gasteiger partial charge in [-0.05, 0) is 30.7 Å². The highest BCUT2D eigenvalue weighted by atomic mass is 19.1. The third kappa shape index (κ3) is 4.93. The number of rotatable bonds is 6. The predicted octanol–water partition coefficient (Wildman–Crippen LogP) is 1.31. The summed E-state index contributed by atoms with van der Waals surface area (Å²) >= 11 is 0. The van der Waals surface area contributed by atoms with Gasteiger partial charge in [-0.25, -0.2) is 4.39 Å². The minimum Gasteiger partial charge on any atom is -0.383 e. The van der Waals surface area contributed by atoms with Gasteiger partial charge in [-0.3, -0.25) is 4.79 Å². The van der Waals surface area contributed by atoms with Crippen molar-refractivity contribution in [1.29, 1.82) is 0 Å². The van der Waals surface area contributed by atoms with Crippen molar-refractivity contribution >= 4 is 11.6 Å². The molecular formula is C12H17FN2O2. The summed E-state index contributed by atoms with van der Waals surface area (Å²) in [6, 6.07) is 4.47. The minimum absolute atomic E-state index is 0.160. The van der Waals surface area contributed by atoms with Crippen molar-refractivity contribution in [3.63, 3.8) is 0 Å². The van der Waals surface area contributed by atoms with Crippen LogP contribution in [0, 0.1) is 12.7 Å². The van der Waals surface area contributed by atoms with Gasteiger partial charge in [0.05, 0.1) is 13.2 Å². The summed E-state index contributed by atoms with van der Waals surface area (Å²) in [5, 5.41) is 5.60. The third-order valence-electron chi connectivity index (χ3n) is 2.21. The number of amides is 1. The molecule has 0 saturated carbocycles. The van der Waals surface area contributed by atoms with Crippen molar-refractivity contribution in [2.24, 2.45) is 0 Å². The van der Waals surface area contributed by atoms with Crippen LogP contribution in [-0.2, 0) is 9.53 Å². The number of carbonyl (C=O) groups excluding carboxylic acids is 1. The zero-order valence-corrected chi connectivity index (χ0v) is 10.0. The average Bonchev–Trinajstić information content (AvgIpc) is 2.30. The number of aryl methyl sites for hydroxylation is 1. The summed E-state index contributed by atoms with van der Waals surface area (Å²) in [4.78, 5) is 11.5. The second-order valence-electron chi connectivity index (χ2n) is 3.68. The lowest BCUT2D eigenvalue weighted by molar-refractivity contribution is -0.115. The first-order chi connectivity index (χ1) is 8.13. The van der Waals surface area contributed by atoms with Crippen molar-refractivity contribution in [3.05, 3.63) is 29.6 Å². The summed E-state index contributed by atoms with van der Waals surface area (Å²) in [6.45, 7) is 3.04. The van der Waals surface area contributed by atoms with Gasteiger partial charge in [0.25, 0.3) is 0 Å². The van der Waals surface area contributed by atoms with Crippen molar-refractivity contribution in [3.8, 4) is 0 Å². The minimum atomic E-state index is -0.277. The van der Waals surface area contributed by atoms with E-state index < -0.39 is 0 Å². The molecule has 0 bridgehead atoms. The molecule has 4 nitrogen and oxygen atoms in total. The Morgan fingerprint density at radius 1 is 1.47 bits per heavy atom. The molecular weight excluding hydrogens is 223 g/mol. The van der Waals surface area contributed by atoms with Crippen LogP contribution in [0.3, 0.4) is 0 Å². The molecule has 0 saturated heterocycles. The highest BCUT2D eigenvalue weighted by molar-refractivity contribution is 5.92. The van der Waals surface area contributed by atoms with E-state index in [1.54, 1.807) is 20.1 Å². The largest absolute Gasteiger partial charge is 0.383 e. The zero-order chi connectivity index (χ0) is 12.7. The van der Waals surface area contributed by atoms with Crippen molar-refractivity contribution < 1.29 is 13.9 Å². The number of carbonyl (C=O) groups is 1. The number of halogens is 1. The maximum atomic E-state index is 13.0. The third-order valence-corrected chi connectivity index (χ3v) is 2.21. The molecule has 1 rings (SSSR count). The molecule has 5 heteroatoms. The van der Waals surface area contributed by atoms with Gasteiger partial charge in [0.1, 0.15) is 5.82 Å². The first kappa shape index (κ1) is 13.6. The zero-order valence-electron chi connectivity index (χ0n) is 10.0. The maximum Gasteiger partial charge on any atom is 0.238 e. The number of ether oxygens (including phenoxy) is 1. The van der Waals surface area contributed by atoms with Gasteiger partial charge in [0.2, 0.25) is 5.91 Å². The summed E-state index contributed by atoms with van der Waals surface area (Å²) in [5.74, 6) is -0.437. The van der Waals surface area contributed by atoms with Crippen molar-refractivity contribution in [2.75, 3.05) is 32.1 Å². The van der Waals surface area contributed by atoms with E-state index in [2.05, 4.69) is 10.6 Å². The second kappa shape index (κ2) is 6.98. The van der Waals surface area contributed by atoms with Crippen LogP contribution in [0.1, 0.15) is 5.56 Å². The molecule has 94 valence electrons. The molecule has 0 spiro atoms. The Morgan fingerprint density at radius 3 is 2.88 bits per heavy atom. The molecule has 0 aliphatic carbocycles. The Kier molecular flexibility index (Phi) is 5.59. The van der Waals surface area contributed by atoms with E-state index in [0.717, 1.165) is 0 Å². The van der Waals surface area contributed by atoms with E-state index in [9.17, 15) is 9.18 Å². The van der Waals surface area contributed by atoms with Crippen LogP contribution in [0.2, 0.25) is 0 Å². The van der Waals surface area contributed by atoms with E-state index >= 15 is 0 Å². The molecule has 0 aliphatic rings. The van der Waals surface area contributed by atoms with Gasteiger partial charge >= 0.3 is 0 Å². The summed E-state index contributed by atoms with van der Waals surface area (Å²) in [6.07, 6.45) is 0. The van der Waals surface area contributed by atoms with E-state index in [1.807, 2.05) is 0 Å². The molecule has 0 radical (unpaired) electrons. The summed E-state index contributed by atoms with van der Waals surface area (Å²) < 4.78 is 17.8. The van der Waals surface area contributed by atoms with Crippen molar-refractivity contribution in [2.45, 2.75) is 6.92 Å². The molecule has 0 atom stereocenters. The summed E-state index contributed by atoms with van der Waals surface area (Å²) in [7, 11) is 1.60. The van der Waals surface area contributed by atoms with Gasteiger partial charge < -0.3 is 15.4 Å².